The molecular weight excluding hydrogens is 168 g/mol. The zero-order valence-corrected chi connectivity index (χ0v) is 8.41. The summed E-state index contributed by atoms with van der Waals surface area (Å²) in [6, 6.07) is 0. The van der Waals surface area contributed by atoms with Crippen LogP contribution in [-0.2, 0) is 6.42 Å². The van der Waals surface area contributed by atoms with Gasteiger partial charge in [0.1, 0.15) is 0 Å². The van der Waals surface area contributed by atoms with E-state index in [9.17, 15) is 4.79 Å². The Morgan fingerprint density at radius 3 is 2.83 bits per heavy atom. The Kier molecular flexibility index (Phi) is 3.48. The summed E-state index contributed by atoms with van der Waals surface area (Å²) in [4.78, 5) is 11.4. The summed E-state index contributed by atoms with van der Waals surface area (Å²) in [5.74, 6) is 0. The van der Waals surface area contributed by atoms with Crippen molar-refractivity contribution in [3.05, 3.63) is 21.4 Å². The van der Waals surface area contributed by atoms with Crippen molar-refractivity contribution in [2.75, 3.05) is 0 Å². The van der Waals surface area contributed by atoms with Gasteiger partial charge in [-0.25, -0.2) is 0 Å². The molecule has 0 radical (unpaired) electrons. The van der Waals surface area contributed by atoms with Crippen LogP contribution in [-0.4, -0.2) is 6.29 Å². The van der Waals surface area contributed by atoms with Crippen LogP contribution in [0.15, 0.2) is 5.38 Å². The van der Waals surface area contributed by atoms with Crippen molar-refractivity contribution in [1.29, 1.82) is 0 Å². The summed E-state index contributed by atoms with van der Waals surface area (Å²) in [6.45, 7) is 4.22. The summed E-state index contributed by atoms with van der Waals surface area (Å²) in [6.07, 6.45) is 4.50. The number of carbonyl (C=O) groups is 1. The molecule has 0 spiro atoms. The molecular formula is C10H14OS. The summed E-state index contributed by atoms with van der Waals surface area (Å²) in [5.41, 5.74) is 2.53. The van der Waals surface area contributed by atoms with Crippen molar-refractivity contribution < 1.29 is 4.79 Å². The third kappa shape index (κ3) is 1.95. The van der Waals surface area contributed by atoms with Crippen LogP contribution < -0.4 is 0 Å². The lowest BCUT2D eigenvalue weighted by Gasteiger charge is -1.97. The van der Waals surface area contributed by atoms with Gasteiger partial charge in [0, 0.05) is 0 Å². The van der Waals surface area contributed by atoms with E-state index in [1.54, 1.807) is 11.3 Å². The van der Waals surface area contributed by atoms with Gasteiger partial charge in [-0.05, 0) is 36.3 Å². The van der Waals surface area contributed by atoms with Gasteiger partial charge in [0.25, 0.3) is 0 Å². The van der Waals surface area contributed by atoms with Crippen LogP contribution in [0.25, 0.3) is 0 Å². The van der Waals surface area contributed by atoms with Crippen LogP contribution in [0, 0.1) is 6.92 Å². The second kappa shape index (κ2) is 4.41. The maximum Gasteiger partial charge on any atom is 0.160 e. The van der Waals surface area contributed by atoms with Crippen LogP contribution in [0.4, 0.5) is 0 Å². The van der Waals surface area contributed by atoms with Crippen LogP contribution in [0.1, 0.15) is 40.6 Å². The van der Waals surface area contributed by atoms with E-state index in [0.29, 0.717) is 0 Å². The highest BCUT2D eigenvalue weighted by Gasteiger charge is 2.04. The van der Waals surface area contributed by atoms with Crippen molar-refractivity contribution in [2.45, 2.75) is 33.1 Å². The number of rotatable bonds is 4. The Hall–Kier alpha value is -0.630. The summed E-state index contributed by atoms with van der Waals surface area (Å²) in [7, 11) is 0. The molecule has 0 aliphatic heterocycles. The Balaban J connectivity index is 2.72. The van der Waals surface area contributed by atoms with Gasteiger partial charge in [-0.2, -0.15) is 0 Å². The predicted molar refractivity (Wildman–Crippen MR) is 53.1 cm³/mol. The highest BCUT2D eigenvalue weighted by molar-refractivity contribution is 7.12. The molecule has 0 bridgehead atoms. The van der Waals surface area contributed by atoms with E-state index in [0.717, 1.165) is 17.6 Å². The van der Waals surface area contributed by atoms with Gasteiger partial charge < -0.3 is 0 Å². The molecule has 0 atom stereocenters. The fourth-order valence-electron chi connectivity index (χ4n) is 1.20. The molecule has 1 nitrogen and oxygen atoms in total. The fraction of sp³-hybridized carbons (Fsp3) is 0.500. The Morgan fingerprint density at radius 2 is 2.33 bits per heavy atom. The SMILES string of the molecule is CCCCc1csc(C=O)c1C. The number of carbonyl (C=O) groups excluding carboxylic acids is 1. The topological polar surface area (TPSA) is 17.1 Å². The van der Waals surface area contributed by atoms with Gasteiger partial charge in [0.2, 0.25) is 0 Å². The Labute approximate surface area is 77.4 Å². The largest absolute Gasteiger partial charge is 0.297 e. The minimum Gasteiger partial charge on any atom is -0.297 e. The predicted octanol–water partition coefficient (Wildman–Crippen LogP) is 3.21. The first-order chi connectivity index (χ1) is 5.79. The molecule has 1 aromatic heterocycles. The molecule has 0 amide bonds. The average Bonchev–Trinajstić information content (AvgIpc) is 2.43. The second-order valence-corrected chi connectivity index (χ2v) is 3.88. The van der Waals surface area contributed by atoms with Gasteiger partial charge in [-0.3, -0.25) is 4.79 Å². The van der Waals surface area contributed by atoms with E-state index < -0.39 is 0 Å². The fourth-order valence-corrected chi connectivity index (χ4v) is 2.13. The van der Waals surface area contributed by atoms with Crippen LogP contribution in [0.2, 0.25) is 0 Å². The maximum atomic E-state index is 10.5. The smallest absolute Gasteiger partial charge is 0.160 e. The van der Waals surface area contributed by atoms with Crippen molar-refractivity contribution in [2.24, 2.45) is 0 Å². The summed E-state index contributed by atoms with van der Waals surface area (Å²) in [5, 5.41) is 2.11. The van der Waals surface area contributed by atoms with E-state index in [4.69, 9.17) is 0 Å². The normalized spacial score (nSPS) is 10.2. The van der Waals surface area contributed by atoms with Crippen molar-refractivity contribution in [3.63, 3.8) is 0 Å². The molecule has 0 fully saturated rings. The van der Waals surface area contributed by atoms with Gasteiger partial charge >= 0.3 is 0 Å². The molecule has 1 aromatic rings. The lowest BCUT2D eigenvalue weighted by molar-refractivity contribution is 0.112. The molecule has 12 heavy (non-hydrogen) atoms. The highest BCUT2D eigenvalue weighted by Crippen LogP contribution is 2.21. The number of hydrogen-bond donors (Lipinski definition) is 0. The number of aldehydes is 1. The minimum atomic E-state index is 0.890. The molecule has 1 heterocycles. The first-order valence-electron chi connectivity index (χ1n) is 4.31. The minimum absolute atomic E-state index is 0.890. The highest BCUT2D eigenvalue weighted by atomic mass is 32.1. The molecule has 0 unspecified atom stereocenters. The molecule has 66 valence electrons. The molecule has 0 saturated heterocycles. The van der Waals surface area contributed by atoms with Crippen LogP contribution in [0.3, 0.4) is 0 Å². The first-order valence-corrected chi connectivity index (χ1v) is 5.19. The molecule has 2 heteroatoms. The quantitative estimate of drug-likeness (QED) is 0.653. The standard InChI is InChI=1S/C10H14OS/c1-3-4-5-9-7-12-10(6-11)8(9)2/h6-7H,3-5H2,1-2H3. The van der Waals surface area contributed by atoms with E-state index in [2.05, 4.69) is 12.3 Å². The zero-order valence-electron chi connectivity index (χ0n) is 7.59. The molecule has 0 N–H and O–H groups in total. The molecule has 1 rings (SSSR count). The van der Waals surface area contributed by atoms with Gasteiger partial charge in [0.15, 0.2) is 6.29 Å². The lowest BCUT2D eigenvalue weighted by Crippen LogP contribution is -1.86. The van der Waals surface area contributed by atoms with E-state index in [1.807, 2.05) is 6.92 Å². The zero-order chi connectivity index (χ0) is 8.97. The lowest BCUT2D eigenvalue weighted by atomic mass is 10.1. The second-order valence-electron chi connectivity index (χ2n) is 2.97. The van der Waals surface area contributed by atoms with Crippen molar-refractivity contribution in [3.8, 4) is 0 Å². The number of hydrogen-bond acceptors (Lipinski definition) is 2. The number of aryl methyl sites for hydroxylation is 1. The summed E-state index contributed by atoms with van der Waals surface area (Å²) >= 11 is 1.56. The van der Waals surface area contributed by atoms with Crippen LogP contribution in [0.5, 0.6) is 0 Å². The molecule has 0 saturated carbocycles. The van der Waals surface area contributed by atoms with Gasteiger partial charge in [-0.15, -0.1) is 11.3 Å². The van der Waals surface area contributed by atoms with Crippen LogP contribution >= 0.6 is 11.3 Å². The third-order valence-corrected chi connectivity index (χ3v) is 3.14. The van der Waals surface area contributed by atoms with Crippen molar-refractivity contribution in [1.82, 2.24) is 0 Å². The first kappa shape index (κ1) is 9.46. The Bertz CT molecular complexity index is 263. The van der Waals surface area contributed by atoms with Gasteiger partial charge in [0.05, 0.1) is 4.88 Å². The number of thiophene rings is 1. The van der Waals surface area contributed by atoms with E-state index in [1.165, 1.54) is 24.0 Å². The molecule has 0 aliphatic carbocycles. The molecule has 0 aliphatic rings. The van der Waals surface area contributed by atoms with E-state index >= 15 is 0 Å². The van der Waals surface area contributed by atoms with Crippen molar-refractivity contribution >= 4 is 17.6 Å². The summed E-state index contributed by atoms with van der Waals surface area (Å²) < 4.78 is 0. The van der Waals surface area contributed by atoms with Gasteiger partial charge in [-0.1, -0.05) is 13.3 Å². The van der Waals surface area contributed by atoms with E-state index in [-0.39, 0.29) is 0 Å². The third-order valence-electron chi connectivity index (χ3n) is 2.09. The maximum absolute atomic E-state index is 10.5. The molecule has 0 aromatic carbocycles. The average molecular weight is 182 g/mol. The monoisotopic (exact) mass is 182 g/mol. The Morgan fingerprint density at radius 1 is 1.58 bits per heavy atom. The number of unbranched alkanes of at least 4 members (excludes halogenated alkanes) is 1.